The van der Waals surface area contributed by atoms with Crippen molar-refractivity contribution in [1.29, 1.82) is 5.41 Å². The van der Waals surface area contributed by atoms with E-state index in [-0.39, 0.29) is 10.3 Å². The van der Waals surface area contributed by atoms with Crippen LogP contribution in [0.5, 0.6) is 0 Å². The second-order valence-electron chi connectivity index (χ2n) is 12.7. The highest BCUT2D eigenvalue weighted by atomic mass is 33.1. The Balaban J connectivity index is 1.32. The molecule has 11 heteroatoms. The monoisotopic (exact) mass is 632 g/mol. The molecule has 43 heavy (non-hydrogen) atoms. The number of para-hydroxylation sites is 1. The molecule has 240 valence electrons. The first kappa shape index (κ1) is 35.2. The van der Waals surface area contributed by atoms with Crippen LogP contribution in [0.25, 0.3) is 11.3 Å². The fourth-order valence-electron chi connectivity index (χ4n) is 4.84. The minimum absolute atomic E-state index is 0.104. The lowest BCUT2D eigenvalue weighted by Gasteiger charge is -2.29. The molecule has 0 fully saturated rings. The van der Waals surface area contributed by atoms with E-state index in [2.05, 4.69) is 74.2 Å². The number of aromatic nitrogens is 3. The van der Waals surface area contributed by atoms with Crippen LogP contribution >= 0.6 is 21.6 Å². The number of anilines is 1. The molecule has 0 saturated heterocycles. The van der Waals surface area contributed by atoms with Gasteiger partial charge in [0.05, 0.1) is 17.9 Å². The molecule has 1 aliphatic heterocycles. The summed E-state index contributed by atoms with van der Waals surface area (Å²) in [6, 6.07) is 8.27. The van der Waals surface area contributed by atoms with E-state index >= 15 is 0 Å². The number of alkyl carbamates (subject to hydrolysis) is 1. The second kappa shape index (κ2) is 16.7. The van der Waals surface area contributed by atoms with Gasteiger partial charge in [-0.15, -0.1) is 5.10 Å². The van der Waals surface area contributed by atoms with Gasteiger partial charge in [-0.2, -0.15) is 0 Å². The molecule has 1 aromatic heterocycles. The lowest BCUT2D eigenvalue weighted by atomic mass is 10.0. The third kappa shape index (κ3) is 11.6. The number of hydrogen-bond donors (Lipinski definition) is 2. The van der Waals surface area contributed by atoms with Crippen molar-refractivity contribution in [2.24, 2.45) is 13.0 Å². The van der Waals surface area contributed by atoms with E-state index < -0.39 is 6.09 Å². The SMILES string of the molecule is CC(C)C(=N)CCCSSC(C)(C)CCOC(C)(C)CCOC(=O)NCCN1CCCc2c(nnn2C)-c2ccccc21. The van der Waals surface area contributed by atoms with E-state index in [1.54, 1.807) is 0 Å². The van der Waals surface area contributed by atoms with E-state index in [1.165, 1.54) is 0 Å². The molecule has 1 amide bonds. The predicted molar refractivity (Wildman–Crippen MR) is 182 cm³/mol. The molecule has 0 spiro atoms. The molecule has 2 N–H and O–H groups in total. The Morgan fingerprint density at radius 1 is 1.16 bits per heavy atom. The van der Waals surface area contributed by atoms with Crippen LogP contribution in [0.15, 0.2) is 24.3 Å². The zero-order chi connectivity index (χ0) is 31.5. The Morgan fingerprint density at radius 2 is 1.93 bits per heavy atom. The third-order valence-corrected chi connectivity index (χ3v) is 11.2. The molecule has 1 aliphatic rings. The Morgan fingerprint density at radius 3 is 2.70 bits per heavy atom. The van der Waals surface area contributed by atoms with Crippen molar-refractivity contribution in [1.82, 2.24) is 20.3 Å². The van der Waals surface area contributed by atoms with E-state index in [1.807, 2.05) is 45.5 Å². The highest BCUT2D eigenvalue weighted by Crippen LogP contribution is 2.39. The number of carbonyl (C=O) groups is 1. The van der Waals surface area contributed by atoms with E-state index in [0.29, 0.717) is 38.6 Å². The Hall–Kier alpha value is -2.24. The number of aryl methyl sites for hydroxylation is 1. The number of rotatable bonds is 17. The molecule has 0 bridgehead atoms. The Bertz CT molecular complexity index is 1180. The summed E-state index contributed by atoms with van der Waals surface area (Å²) in [7, 11) is 5.74. The van der Waals surface area contributed by atoms with Gasteiger partial charge in [-0.3, -0.25) is 4.68 Å². The summed E-state index contributed by atoms with van der Waals surface area (Å²) < 4.78 is 13.7. The van der Waals surface area contributed by atoms with E-state index in [4.69, 9.17) is 14.9 Å². The van der Waals surface area contributed by atoms with Crippen molar-refractivity contribution in [3.63, 3.8) is 0 Å². The zero-order valence-electron chi connectivity index (χ0n) is 27.2. The molecule has 0 saturated carbocycles. The maximum atomic E-state index is 12.4. The van der Waals surface area contributed by atoms with Crippen LogP contribution in [0.2, 0.25) is 0 Å². The Kier molecular flexibility index (Phi) is 13.7. The topological polar surface area (TPSA) is 105 Å². The third-order valence-electron chi connectivity index (χ3n) is 7.72. The van der Waals surface area contributed by atoms with Crippen LogP contribution < -0.4 is 10.2 Å². The second-order valence-corrected chi connectivity index (χ2v) is 15.9. The first-order valence-corrected chi connectivity index (χ1v) is 17.9. The van der Waals surface area contributed by atoms with Crippen molar-refractivity contribution in [3.8, 4) is 11.3 Å². The van der Waals surface area contributed by atoms with Gasteiger partial charge in [-0.05, 0) is 71.8 Å². The molecule has 2 heterocycles. The summed E-state index contributed by atoms with van der Waals surface area (Å²) in [6.45, 7) is 15.8. The summed E-state index contributed by atoms with van der Waals surface area (Å²) in [5.74, 6) is 1.41. The van der Waals surface area contributed by atoms with Crippen LogP contribution in [-0.4, -0.2) is 75.7 Å². The number of carbonyl (C=O) groups excluding carboxylic acids is 1. The minimum atomic E-state index is -0.398. The standard InChI is InChI=1S/C32H52N6O3S2/c1-24(2)26(33)13-11-23-42-43-32(5,6)17-22-41-31(3,4)16-21-40-30(39)34-18-20-38-19-10-15-28-29(35-36-37(28)7)25-12-8-9-14-27(25)38/h8-9,12,14,24,33H,10-11,13,15-23H2,1-7H3,(H,34,39). The van der Waals surface area contributed by atoms with Gasteiger partial charge in [-0.25, -0.2) is 4.79 Å². The molecule has 9 nitrogen and oxygen atoms in total. The first-order valence-electron chi connectivity index (χ1n) is 15.5. The van der Waals surface area contributed by atoms with E-state index in [0.717, 1.165) is 72.8 Å². The van der Waals surface area contributed by atoms with Crippen LogP contribution in [0.1, 0.15) is 79.3 Å². The van der Waals surface area contributed by atoms with Crippen molar-refractivity contribution in [2.45, 2.75) is 90.4 Å². The molecule has 1 aromatic carbocycles. The van der Waals surface area contributed by atoms with Gasteiger partial charge in [0.2, 0.25) is 0 Å². The van der Waals surface area contributed by atoms with Gasteiger partial charge in [0, 0.05) is 67.2 Å². The molecule has 0 radical (unpaired) electrons. The summed E-state index contributed by atoms with van der Waals surface area (Å²) >= 11 is 0. The quantitative estimate of drug-likeness (QED) is 0.108. The highest BCUT2D eigenvalue weighted by Gasteiger charge is 2.24. The average molecular weight is 633 g/mol. The smallest absolute Gasteiger partial charge is 0.407 e. The molecular weight excluding hydrogens is 581 g/mol. The first-order chi connectivity index (χ1) is 20.4. The van der Waals surface area contributed by atoms with Crippen LogP contribution in [-0.2, 0) is 22.9 Å². The normalized spacial score (nSPS) is 13.7. The number of nitrogens with one attached hydrogen (secondary N) is 2. The van der Waals surface area contributed by atoms with Gasteiger partial charge in [0.25, 0.3) is 0 Å². The van der Waals surface area contributed by atoms with Crippen LogP contribution in [0.4, 0.5) is 10.5 Å². The van der Waals surface area contributed by atoms with Gasteiger partial charge in [-0.1, -0.05) is 58.8 Å². The number of hydrogen-bond acceptors (Lipinski definition) is 9. The summed E-state index contributed by atoms with van der Waals surface area (Å²) in [6.07, 6.45) is 5.02. The fourth-order valence-corrected chi connectivity index (χ4v) is 7.48. The maximum Gasteiger partial charge on any atom is 0.407 e. The fraction of sp³-hybridized carbons (Fsp3) is 0.688. The van der Waals surface area contributed by atoms with Crippen molar-refractivity contribution >= 4 is 39.1 Å². The number of fused-ring (bicyclic) bond motifs is 3. The molecule has 0 atom stereocenters. The molecule has 0 aliphatic carbocycles. The number of nitrogens with zero attached hydrogens (tertiary/aromatic N) is 4. The van der Waals surface area contributed by atoms with Gasteiger partial charge >= 0.3 is 6.09 Å². The lowest BCUT2D eigenvalue weighted by molar-refractivity contribution is -0.0364. The molecule has 0 unspecified atom stereocenters. The van der Waals surface area contributed by atoms with Gasteiger partial charge < -0.3 is 25.1 Å². The average Bonchev–Trinajstić information content (AvgIpc) is 3.29. The van der Waals surface area contributed by atoms with Crippen molar-refractivity contribution in [2.75, 3.05) is 43.5 Å². The molecule has 2 aromatic rings. The zero-order valence-corrected chi connectivity index (χ0v) is 28.8. The Labute approximate surface area is 266 Å². The van der Waals surface area contributed by atoms with Gasteiger partial charge in [0.15, 0.2) is 0 Å². The van der Waals surface area contributed by atoms with E-state index in [9.17, 15) is 4.79 Å². The summed E-state index contributed by atoms with van der Waals surface area (Å²) in [4.78, 5) is 14.7. The predicted octanol–water partition coefficient (Wildman–Crippen LogP) is 7.15. The number of benzene rings is 1. The molecular formula is C32H52N6O3S2. The largest absolute Gasteiger partial charge is 0.449 e. The highest BCUT2D eigenvalue weighted by molar-refractivity contribution is 8.77. The van der Waals surface area contributed by atoms with Crippen LogP contribution in [0.3, 0.4) is 0 Å². The lowest BCUT2D eigenvalue weighted by Crippen LogP contribution is -2.37. The minimum Gasteiger partial charge on any atom is -0.449 e. The van der Waals surface area contributed by atoms with Crippen LogP contribution in [0, 0.1) is 11.3 Å². The van der Waals surface area contributed by atoms with Crippen molar-refractivity contribution < 1.29 is 14.3 Å². The van der Waals surface area contributed by atoms with Crippen molar-refractivity contribution in [3.05, 3.63) is 30.0 Å². The maximum absolute atomic E-state index is 12.4. The van der Waals surface area contributed by atoms with Gasteiger partial charge in [0.1, 0.15) is 5.69 Å². The number of ether oxygens (including phenoxy) is 2. The molecule has 3 rings (SSSR count). The summed E-state index contributed by atoms with van der Waals surface area (Å²) in [5.41, 5.74) is 4.76. The number of amides is 1. The summed E-state index contributed by atoms with van der Waals surface area (Å²) in [5, 5.41) is 19.6.